The van der Waals surface area contributed by atoms with Crippen molar-refractivity contribution in [1.82, 2.24) is 9.88 Å². The molecule has 0 spiro atoms. The Morgan fingerprint density at radius 2 is 1.88 bits per heavy atom. The van der Waals surface area contributed by atoms with E-state index in [1.54, 1.807) is 6.07 Å². The number of nitrogens with two attached hydrogens (primary N) is 1. The number of rotatable bonds is 2. The number of piperazine rings is 1. The van der Waals surface area contributed by atoms with Crippen molar-refractivity contribution in [2.24, 2.45) is 0 Å². The monoisotopic (exact) mass is 252 g/mol. The first-order chi connectivity index (χ1) is 8.22. The highest BCUT2D eigenvalue weighted by molar-refractivity contribution is 6.29. The van der Waals surface area contributed by atoms with Gasteiger partial charge < -0.3 is 10.6 Å². The summed E-state index contributed by atoms with van der Waals surface area (Å²) in [5.74, 6) is 0.908. The summed E-state index contributed by atoms with van der Waals surface area (Å²) in [6.45, 7) is 4.28. The summed E-state index contributed by atoms with van der Waals surface area (Å²) in [4.78, 5) is 9.17. The molecule has 2 aliphatic rings. The van der Waals surface area contributed by atoms with Crippen LogP contribution in [-0.2, 0) is 0 Å². The molecule has 0 unspecified atom stereocenters. The van der Waals surface area contributed by atoms with Gasteiger partial charge in [-0.2, -0.15) is 0 Å². The molecule has 0 aromatic carbocycles. The standard InChI is InChI=1S/C12H17ClN4/c13-11-7-9(14)8-12(15-11)17-5-3-16(4-6-17)10-1-2-10/h7-8,10H,1-6H2,(H2,14,15). The lowest BCUT2D eigenvalue weighted by atomic mass is 10.3. The molecule has 5 heteroatoms. The highest BCUT2D eigenvalue weighted by atomic mass is 35.5. The molecule has 3 rings (SSSR count). The molecule has 1 aromatic rings. The van der Waals surface area contributed by atoms with Gasteiger partial charge in [-0.05, 0) is 18.9 Å². The Kier molecular flexibility index (Phi) is 2.84. The number of hydrogen-bond donors (Lipinski definition) is 1. The van der Waals surface area contributed by atoms with E-state index in [0.29, 0.717) is 10.8 Å². The quantitative estimate of drug-likeness (QED) is 0.813. The Balaban J connectivity index is 1.68. The third-order valence-electron chi connectivity index (χ3n) is 3.50. The summed E-state index contributed by atoms with van der Waals surface area (Å²) in [6, 6.07) is 4.44. The molecule has 1 aromatic heterocycles. The number of aromatic nitrogens is 1. The zero-order chi connectivity index (χ0) is 11.8. The molecular formula is C12H17ClN4. The summed E-state index contributed by atoms with van der Waals surface area (Å²) in [7, 11) is 0. The highest BCUT2D eigenvalue weighted by Gasteiger charge is 2.31. The maximum Gasteiger partial charge on any atom is 0.133 e. The van der Waals surface area contributed by atoms with Gasteiger partial charge in [0.05, 0.1) is 0 Å². The fraction of sp³-hybridized carbons (Fsp3) is 0.583. The molecule has 1 aliphatic heterocycles. The van der Waals surface area contributed by atoms with Crippen LogP contribution in [0.2, 0.25) is 5.15 Å². The first-order valence-electron chi connectivity index (χ1n) is 6.14. The van der Waals surface area contributed by atoms with Gasteiger partial charge in [0, 0.05) is 44.0 Å². The zero-order valence-electron chi connectivity index (χ0n) is 9.77. The van der Waals surface area contributed by atoms with Crippen molar-refractivity contribution in [3.05, 3.63) is 17.3 Å². The predicted molar refractivity (Wildman–Crippen MR) is 70.5 cm³/mol. The topological polar surface area (TPSA) is 45.4 Å². The van der Waals surface area contributed by atoms with Crippen LogP contribution in [0.5, 0.6) is 0 Å². The van der Waals surface area contributed by atoms with Crippen LogP contribution in [0.1, 0.15) is 12.8 Å². The SMILES string of the molecule is Nc1cc(Cl)nc(N2CCN(C3CC3)CC2)c1. The fourth-order valence-corrected chi connectivity index (χ4v) is 2.63. The van der Waals surface area contributed by atoms with Crippen LogP contribution < -0.4 is 10.6 Å². The van der Waals surface area contributed by atoms with E-state index < -0.39 is 0 Å². The lowest BCUT2D eigenvalue weighted by Crippen LogP contribution is -2.47. The van der Waals surface area contributed by atoms with Crippen LogP contribution >= 0.6 is 11.6 Å². The van der Waals surface area contributed by atoms with Crippen LogP contribution in [0.4, 0.5) is 11.5 Å². The second-order valence-electron chi connectivity index (χ2n) is 4.84. The van der Waals surface area contributed by atoms with Gasteiger partial charge >= 0.3 is 0 Å². The first-order valence-corrected chi connectivity index (χ1v) is 6.52. The molecular weight excluding hydrogens is 236 g/mol. The third kappa shape index (κ3) is 2.48. The molecule has 0 radical (unpaired) electrons. The zero-order valence-corrected chi connectivity index (χ0v) is 10.5. The summed E-state index contributed by atoms with van der Waals surface area (Å²) in [6.07, 6.45) is 2.75. The molecule has 1 aliphatic carbocycles. The van der Waals surface area contributed by atoms with Crippen LogP contribution in [0, 0.1) is 0 Å². The summed E-state index contributed by atoms with van der Waals surface area (Å²) in [5, 5.41) is 0.477. The first kappa shape index (κ1) is 11.1. The van der Waals surface area contributed by atoms with Crippen LogP contribution in [0.25, 0.3) is 0 Å². The van der Waals surface area contributed by atoms with E-state index in [1.807, 2.05) is 6.07 Å². The molecule has 1 saturated heterocycles. The van der Waals surface area contributed by atoms with Crippen molar-refractivity contribution in [2.45, 2.75) is 18.9 Å². The van der Waals surface area contributed by atoms with Gasteiger partial charge in [0.2, 0.25) is 0 Å². The number of pyridine rings is 1. The Hall–Kier alpha value is -1.00. The summed E-state index contributed by atoms with van der Waals surface area (Å²) < 4.78 is 0. The average molecular weight is 253 g/mol. The van der Waals surface area contributed by atoms with Crippen LogP contribution in [0.3, 0.4) is 0 Å². The Morgan fingerprint density at radius 1 is 1.18 bits per heavy atom. The van der Waals surface area contributed by atoms with Gasteiger partial charge in [-0.25, -0.2) is 4.98 Å². The number of nitrogen functional groups attached to an aromatic ring is 1. The fourth-order valence-electron chi connectivity index (χ4n) is 2.42. The molecule has 2 fully saturated rings. The Labute approximate surface area is 106 Å². The number of nitrogens with zero attached hydrogens (tertiary/aromatic N) is 3. The lowest BCUT2D eigenvalue weighted by Gasteiger charge is -2.35. The van der Waals surface area contributed by atoms with Crippen molar-refractivity contribution in [3.8, 4) is 0 Å². The molecule has 0 bridgehead atoms. The van der Waals surface area contributed by atoms with Crippen molar-refractivity contribution in [1.29, 1.82) is 0 Å². The Bertz CT molecular complexity index is 391. The largest absolute Gasteiger partial charge is 0.399 e. The molecule has 1 saturated carbocycles. The van der Waals surface area contributed by atoms with E-state index in [2.05, 4.69) is 14.8 Å². The van der Waals surface area contributed by atoms with Crippen molar-refractivity contribution < 1.29 is 0 Å². The maximum absolute atomic E-state index is 5.93. The van der Waals surface area contributed by atoms with E-state index in [0.717, 1.165) is 38.0 Å². The third-order valence-corrected chi connectivity index (χ3v) is 3.70. The minimum Gasteiger partial charge on any atom is -0.399 e. The van der Waals surface area contributed by atoms with Crippen molar-refractivity contribution >= 4 is 23.1 Å². The van der Waals surface area contributed by atoms with Crippen LogP contribution in [0.15, 0.2) is 12.1 Å². The highest BCUT2D eigenvalue weighted by Crippen LogP contribution is 2.28. The second kappa shape index (κ2) is 4.35. The number of halogens is 1. The number of anilines is 2. The number of hydrogen-bond acceptors (Lipinski definition) is 4. The van der Waals surface area contributed by atoms with Gasteiger partial charge in [0.15, 0.2) is 0 Å². The van der Waals surface area contributed by atoms with Gasteiger partial charge in [0.1, 0.15) is 11.0 Å². The van der Waals surface area contributed by atoms with Gasteiger partial charge in [0.25, 0.3) is 0 Å². The minimum absolute atomic E-state index is 0.477. The smallest absolute Gasteiger partial charge is 0.133 e. The van der Waals surface area contributed by atoms with Gasteiger partial charge in [-0.1, -0.05) is 11.6 Å². The van der Waals surface area contributed by atoms with E-state index >= 15 is 0 Å². The van der Waals surface area contributed by atoms with Gasteiger partial charge in [-0.15, -0.1) is 0 Å². The van der Waals surface area contributed by atoms with E-state index in [9.17, 15) is 0 Å². The molecule has 2 heterocycles. The summed E-state index contributed by atoms with van der Waals surface area (Å²) >= 11 is 5.93. The second-order valence-corrected chi connectivity index (χ2v) is 5.22. The van der Waals surface area contributed by atoms with E-state index in [1.165, 1.54) is 12.8 Å². The van der Waals surface area contributed by atoms with Crippen molar-refractivity contribution in [3.63, 3.8) is 0 Å². The van der Waals surface area contributed by atoms with Gasteiger partial charge in [-0.3, -0.25) is 4.90 Å². The van der Waals surface area contributed by atoms with E-state index in [-0.39, 0.29) is 0 Å². The van der Waals surface area contributed by atoms with Crippen molar-refractivity contribution in [2.75, 3.05) is 36.8 Å². The molecule has 92 valence electrons. The normalized spacial score (nSPS) is 21.8. The molecule has 4 nitrogen and oxygen atoms in total. The average Bonchev–Trinajstić information content (AvgIpc) is 3.12. The predicted octanol–water partition coefficient (Wildman–Crippen LogP) is 1.60. The maximum atomic E-state index is 5.93. The van der Waals surface area contributed by atoms with Crippen LogP contribution in [-0.4, -0.2) is 42.1 Å². The minimum atomic E-state index is 0.477. The Morgan fingerprint density at radius 3 is 2.47 bits per heavy atom. The lowest BCUT2D eigenvalue weighted by molar-refractivity contribution is 0.247. The molecule has 2 N–H and O–H groups in total. The summed E-state index contributed by atoms with van der Waals surface area (Å²) in [5.41, 5.74) is 6.47. The molecule has 0 atom stereocenters. The van der Waals surface area contributed by atoms with E-state index in [4.69, 9.17) is 17.3 Å². The molecule has 17 heavy (non-hydrogen) atoms. The molecule has 0 amide bonds.